The van der Waals surface area contributed by atoms with Gasteiger partial charge in [0.1, 0.15) is 0 Å². The van der Waals surface area contributed by atoms with Crippen LogP contribution in [-0.4, -0.2) is 53.4 Å². The van der Waals surface area contributed by atoms with E-state index in [-0.39, 0.29) is 19.5 Å². The predicted octanol–water partition coefficient (Wildman–Crippen LogP) is -0.903. The van der Waals surface area contributed by atoms with Crippen molar-refractivity contribution in [1.82, 2.24) is 10.2 Å². The lowest BCUT2D eigenvalue weighted by molar-refractivity contribution is -0.146. The smallest absolute Gasteiger partial charge is 0.332 e. The fraction of sp³-hybridized carbons (Fsp3) is 0.556. The number of nitrogens with one attached hydrogen (secondary N) is 1. The molecule has 2 amide bonds. The maximum atomic E-state index is 11.2. The Bertz CT molecular complexity index is 272. The van der Waals surface area contributed by atoms with E-state index in [2.05, 4.69) is 11.2 Å². The van der Waals surface area contributed by atoms with E-state index in [4.69, 9.17) is 16.6 Å². The van der Waals surface area contributed by atoms with Crippen LogP contribution in [0.2, 0.25) is 0 Å². The molecule has 0 aliphatic rings. The molecule has 0 aromatic heterocycles. The van der Waals surface area contributed by atoms with Gasteiger partial charge < -0.3 is 20.4 Å². The molecule has 1 atom stereocenters. The van der Waals surface area contributed by atoms with Crippen molar-refractivity contribution < 1.29 is 19.8 Å². The van der Waals surface area contributed by atoms with Gasteiger partial charge in [-0.3, -0.25) is 0 Å². The van der Waals surface area contributed by atoms with Gasteiger partial charge in [0.15, 0.2) is 6.10 Å². The van der Waals surface area contributed by atoms with E-state index in [1.807, 2.05) is 0 Å². The third-order valence-electron chi connectivity index (χ3n) is 1.65. The Morgan fingerprint density at radius 1 is 1.60 bits per heavy atom. The van der Waals surface area contributed by atoms with E-state index < -0.39 is 18.1 Å². The Morgan fingerprint density at radius 3 is 2.67 bits per heavy atom. The van der Waals surface area contributed by atoms with E-state index in [0.29, 0.717) is 0 Å². The zero-order valence-electron chi connectivity index (χ0n) is 8.43. The standard InChI is InChI=1S/C9H14N2O4/c1-3-6-11(2)9(15)10-5-4-7(12)8(13)14/h1,7,12H,4-6H2,2H3,(H,10,15)(H,13,14)/t7-/m0/s1. The van der Waals surface area contributed by atoms with Gasteiger partial charge in [-0.1, -0.05) is 5.92 Å². The molecule has 0 radical (unpaired) electrons. The number of carbonyl (C=O) groups is 2. The molecule has 0 unspecified atom stereocenters. The van der Waals surface area contributed by atoms with Gasteiger partial charge in [0, 0.05) is 20.0 Å². The summed E-state index contributed by atoms with van der Waals surface area (Å²) in [6.45, 7) is 0.258. The number of hydrogen-bond donors (Lipinski definition) is 3. The molecule has 6 nitrogen and oxygen atoms in total. The zero-order chi connectivity index (χ0) is 11.8. The van der Waals surface area contributed by atoms with Crippen LogP contribution >= 0.6 is 0 Å². The van der Waals surface area contributed by atoms with E-state index >= 15 is 0 Å². The summed E-state index contributed by atoms with van der Waals surface area (Å²) in [5.74, 6) is 0.983. The van der Waals surface area contributed by atoms with Gasteiger partial charge in [0.25, 0.3) is 0 Å². The molecule has 0 saturated heterocycles. The SMILES string of the molecule is C#CCN(C)C(=O)NCC[C@H](O)C(=O)O. The second-order valence-electron chi connectivity index (χ2n) is 2.93. The van der Waals surface area contributed by atoms with Crippen molar-refractivity contribution in [3.63, 3.8) is 0 Å². The first-order chi connectivity index (χ1) is 6.99. The molecule has 0 fully saturated rings. The number of aliphatic hydroxyl groups excluding tert-OH is 1. The average molecular weight is 214 g/mol. The molecule has 0 saturated carbocycles. The summed E-state index contributed by atoms with van der Waals surface area (Å²) in [6, 6.07) is -0.398. The number of terminal acetylenes is 1. The summed E-state index contributed by atoms with van der Waals surface area (Å²) >= 11 is 0. The maximum absolute atomic E-state index is 11.2. The number of nitrogens with zero attached hydrogens (tertiary/aromatic N) is 1. The second-order valence-corrected chi connectivity index (χ2v) is 2.93. The molecule has 0 rings (SSSR count). The molecule has 3 N–H and O–H groups in total. The van der Waals surface area contributed by atoms with Crippen LogP contribution in [0, 0.1) is 12.3 Å². The maximum Gasteiger partial charge on any atom is 0.332 e. The van der Waals surface area contributed by atoms with E-state index in [1.165, 1.54) is 11.9 Å². The minimum absolute atomic E-state index is 0.0367. The number of carbonyl (C=O) groups excluding carboxylic acids is 1. The monoisotopic (exact) mass is 214 g/mol. The predicted molar refractivity (Wildman–Crippen MR) is 53.1 cm³/mol. The summed E-state index contributed by atoms with van der Waals surface area (Å²) in [5.41, 5.74) is 0. The number of amides is 2. The van der Waals surface area contributed by atoms with E-state index in [0.717, 1.165) is 0 Å². The van der Waals surface area contributed by atoms with Crippen LogP contribution in [0.15, 0.2) is 0 Å². The van der Waals surface area contributed by atoms with Crippen molar-refractivity contribution in [2.75, 3.05) is 20.1 Å². The van der Waals surface area contributed by atoms with E-state index in [9.17, 15) is 9.59 Å². The Morgan fingerprint density at radius 2 is 2.20 bits per heavy atom. The van der Waals surface area contributed by atoms with Crippen LogP contribution < -0.4 is 5.32 Å². The third-order valence-corrected chi connectivity index (χ3v) is 1.65. The molecular weight excluding hydrogens is 200 g/mol. The minimum Gasteiger partial charge on any atom is -0.479 e. The molecule has 0 bridgehead atoms. The van der Waals surface area contributed by atoms with Gasteiger partial charge in [-0.15, -0.1) is 6.42 Å². The first kappa shape index (κ1) is 13.3. The number of hydrogen-bond acceptors (Lipinski definition) is 3. The van der Waals surface area contributed by atoms with Crippen LogP contribution in [0.25, 0.3) is 0 Å². The fourth-order valence-electron chi connectivity index (χ4n) is 0.783. The van der Waals surface area contributed by atoms with Gasteiger partial charge in [0.2, 0.25) is 0 Å². The van der Waals surface area contributed by atoms with E-state index in [1.54, 1.807) is 0 Å². The fourth-order valence-corrected chi connectivity index (χ4v) is 0.783. The summed E-state index contributed by atoms with van der Waals surface area (Å²) in [7, 11) is 1.52. The molecule has 0 aliphatic heterocycles. The molecule has 6 heteroatoms. The van der Waals surface area contributed by atoms with Gasteiger partial charge in [-0.05, 0) is 0 Å². The highest BCUT2D eigenvalue weighted by molar-refractivity contribution is 5.74. The van der Waals surface area contributed by atoms with Crippen molar-refractivity contribution in [1.29, 1.82) is 0 Å². The number of urea groups is 1. The summed E-state index contributed by atoms with van der Waals surface area (Å²) in [4.78, 5) is 22.7. The Hall–Kier alpha value is -1.74. The first-order valence-electron chi connectivity index (χ1n) is 4.32. The molecule has 0 heterocycles. The topological polar surface area (TPSA) is 89.9 Å². The zero-order valence-corrected chi connectivity index (χ0v) is 8.43. The van der Waals surface area contributed by atoms with Crippen LogP contribution in [0.4, 0.5) is 4.79 Å². The highest BCUT2D eigenvalue weighted by Gasteiger charge is 2.13. The highest BCUT2D eigenvalue weighted by atomic mass is 16.4. The molecule has 84 valence electrons. The average Bonchev–Trinajstić information content (AvgIpc) is 2.17. The second kappa shape index (κ2) is 6.68. The van der Waals surface area contributed by atoms with Crippen LogP contribution in [0.1, 0.15) is 6.42 Å². The Kier molecular flexibility index (Phi) is 5.90. The number of rotatable bonds is 5. The quantitative estimate of drug-likeness (QED) is 0.517. The van der Waals surface area contributed by atoms with Gasteiger partial charge in [-0.25, -0.2) is 9.59 Å². The molecule has 0 aliphatic carbocycles. The van der Waals surface area contributed by atoms with Crippen molar-refractivity contribution in [2.45, 2.75) is 12.5 Å². The molecule has 0 spiro atoms. The summed E-state index contributed by atoms with van der Waals surface area (Å²) in [6.07, 6.45) is 3.50. The van der Waals surface area contributed by atoms with Crippen molar-refractivity contribution in [2.24, 2.45) is 0 Å². The Balaban J connectivity index is 3.73. The molecular formula is C9H14N2O4. The first-order valence-corrected chi connectivity index (χ1v) is 4.32. The highest BCUT2D eigenvalue weighted by Crippen LogP contribution is 1.90. The number of carboxylic acids is 1. The van der Waals surface area contributed by atoms with Crippen molar-refractivity contribution in [3.8, 4) is 12.3 Å². The van der Waals surface area contributed by atoms with Crippen LogP contribution in [-0.2, 0) is 4.79 Å². The van der Waals surface area contributed by atoms with Gasteiger partial charge in [0.05, 0.1) is 6.54 Å². The lowest BCUT2D eigenvalue weighted by Gasteiger charge is -2.15. The van der Waals surface area contributed by atoms with Gasteiger partial charge >= 0.3 is 12.0 Å². The minimum atomic E-state index is -1.46. The Labute approximate surface area is 87.9 Å². The van der Waals surface area contributed by atoms with Crippen LogP contribution in [0.5, 0.6) is 0 Å². The van der Waals surface area contributed by atoms with Crippen LogP contribution in [0.3, 0.4) is 0 Å². The largest absolute Gasteiger partial charge is 0.479 e. The lowest BCUT2D eigenvalue weighted by Crippen LogP contribution is -2.39. The van der Waals surface area contributed by atoms with Gasteiger partial charge in [-0.2, -0.15) is 0 Å². The lowest BCUT2D eigenvalue weighted by atomic mass is 10.2. The normalized spacial score (nSPS) is 11.3. The number of aliphatic carboxylic acids is 1. The summed E-state index contributed by atoms with van der Waals surface area (Å²) in [5, 5.41) is 19.6. The summed E-state index contributed by atoms with van der Waals surface area (Å²) < 4.78 is 0. The number of aliphatic hydroxyl groups is 1. The molecule has 0 aromatic carbocycles. The molecule has 15 heavy (non-hydrogen) atoms. The molecule has 0 aromatic rings. The van der Waals surface area contributed by atoms with Crippen molar-refractivity contribution >= 4 is 12.0 Å². The van der Waals surface area contributed by atoms with Crippen molar-refractivity contribution in [3.05, 3.63) is 0 Å². The third kappa shape index (κ3) is 5.54. The number of carboxylic acid groups (broad SMARTS) is 1.